The number of rotatable bonds is 5. The molecule has 6 heteroatoms. The summed E-state index contributed by atoms with van der Waals surface area (Å²) in [4.78, 5) is 29.0. The Kier molecular flexibility index (Phi) is 4.90. The molecule has 1 aromatic rings. The van der Waals surface area contributed by atoms with Gasteiger partial charge in [0.1, 0.15) is 5.69 Å². The van der Waals surface area contributed by atoms with Crippen molar-refractivity contribution in [3.8, 4) is 0 Å². The minimum Gasteiger partial charge on any atom is -0.477 e. The number of hydrogen-bond acceptors (Lipinski definition) is 4. The summed E-state index contributed by atoms with van der Waals surface area (Å²) < 4.78 is 0. The monoisotopic (exact) mass is 291 g/mol. The quantitative estimate of drug-likeness (QED) is 0.853. The van der Waals surface area contributed by atoms with Crippen LogP contribution in [0.25, 0.3) is 0 Å². The molecule has 2 N–H and O–H groups in total. The van der Waals surface area contributed by atoms with Crippen molar-refractivity contribution in [3.05, 3.63) is 29.6 Å². The first-order valence-corrected chi connectivity index (χ1v) is 7.19. The van der Waals surface area contributed by atoms with Gasteiger partial charge < -0.3 is 15.3 Å². The van der Waals surface area contributed by atoms with E-state index in [1.54, 1.807) is 0 Å². The van der Waals surface area contributed by atoms with Gasteiger partial charge in [-0.1, -0.05) is 0 Å². The fraction of sp³-hybridized carbons (Fsp3) is 0.533. The number of carboxylic acids is 1. The van der Waals surface area contributed by atoms with Gasteiger partial charge in [-0.15, -0.1) is 0 Å². The molecule has 6 nitrogen and oxygen atoms in total. The molecule has 21 heavy (non-hydrogen) atoms. The van der Waals surface area contributed by atoms with E-state index in [9.17, 15) is 9.59 Å². The van der Waals surface area contributed by atoms with Gasteiger partial charge in [0, 0.05) is 30.9 Å². The van der Waals surface area contributed by atoms with E-state index < -0.39 is 5.97 Å². The van der Waals surface area contributed by atoms with E-state index in [1.165, 1.54) is 18.3 Å². The number of amides is 1. The van der Waals surface area contributed by atoms with Gasteiger partial charge in [0.05, 0.1) is 0 Å². The lowest BCUT2D eigenvalue weighted by atomic mass is 10.1. The Bertz CT molecular complexity index is 531. The van der Waals surface area contributed by atoms with Crippen LogP contribution in [0, 0.1) is 5.92 Å². The van der Waals surface area contributed by atoms with Crippen molar-refractivity contribution in [3.63, 3.8) is 0 Å². The fourth-order valence-corrected chi connectivity index (χ4v) is 2.53. The number of nitrogens with one attached hydrogen (secondary N) is 1. The summed E-state index contributed by atoms with van der Waals surface area (Å²) in [6, 6.07) is 3.35. The molecule has 1 unspecified atom stereocenters. The SMILES string of the molecule is CC(C)N1CCC(CNC(=O)c2ccnc(C(=O)O)c2)C1. The Morgan fingerprint density at radius 1 is 1.52 bits per heavy atom. The van der Waals surface area contributed by atoms with E-state index in [4.69, 9.17) is 5.11 Å². The van der Waals surface area contributed by atoms with Gasteiger partial charge in [-0.05, 0) is 44.9 Å². The lowest BCUT2D eigenvalue weighted by molar-refractivity contribution is 0.0690. The first-order valence-electron chi connectivity index (χ1n) is 7.19. The van der Waals surface area contributed by atoms with E-state index in [-0.39, 0.29) is 11.6 Å². The lowest BCUT2D eigenvalue weighted by Crippen LogP contribution is -2.33. The second-order valence-corrected chi connectivity index (χ2v) is 5.69. The number of hydrogen-bond donors (Lipinski definition) is 2. The summed E-state index contributed by atoms with van der Waals surface area (Å²) in [6.07, 6.45) is 2.42. The molecular weight excluding hydrogens is 270 g/mol. The van der Waals surface area contributed by atoms with Crippen LogP contribution in [0.5, 0.6) is 0 Å². The van der Waals surface area contributed by atoms with Crippen LogP contribution in [-0.2, 0) is 0 Å². The maximum atomic E-state index is 12.0. The molecule has 0 radical (unpaired) electrons. The Morgan fingerprint density at radius 3 is 2.90 bits per heavy atom. The van der Waals surface area contributed by atoms with Gasteiger partial charge in [0.25, 0.3) is 5.91 Å². The highest BCUT2D eigenvalue weighted by Crippen LogP contribution is 2.17. The molecule has 1 amide bonds. The standard InChI is InChI=1S/C15H21N3O3/c1-10(2)18-6-4-11(9-18)8-17-14(19)12-3-5-16-13(7-12)15(20)21/h3,5,7,10-11H,4,6,8-9H2,1-2H3,(H,17,19)(H,20,21). The fourth-order valence-electron chi connectivity index (χ4n) is 2.53. The molecule has 0 saturated carbocycles. The summed E-state index contributed by atoms with van der Waals surface area (Å²) in [5.41, 5.74) is 0.218. The van der Waals surface area contributed by atoms with Crippen molar-refractivity contribution in [2.45, 2.75) is 26.3 Å². The Hall–Kier alpha value is -1.95. The van der Waals surface area contributed by atoms with Crippen molar-refractivity contribution in [2.24, 2.45) is 5.92 Å². The molecule has 0 aromatic carbocycles. The predicted octanol–water partition coefficient (Wildman–Crippen LogP) is 1.24. The van der Waals surface area contributed by atoms with Crippen LogP contribution in [0.4, 0.5) is 0 Å². The van der Waals surface area contributed by atoms with Gasteiger partial charge >= 0.3 is 5.97 Å². The number of likely N-dealkylation sites (tertiary alicyclic amines) is 1. The minimum absolute atomic E-state index is 0.116. The van der Waals surface area contributed by atoms with E-state index in [0.29, 0.717) is 24.1 Å². The average molecular weight is 291 g/mol. The maximum absolute atomic E-state index is 12.0. The average Bonchev–Trinajstić information content (AvgIpc) is 2.94. The highest BCUT2D eigenvalue weighted by atomic mass is 16.4. The number of carbonyl (C=O) groups is 2. The summed E-state index contributed by atoms with van der Waals surface area (Å²) in [5.74, 6) is -0.923. The molecule has 0 aliphatic carbocycles. The van der Waals surface area contributed by atoms with Crippen LogP contribution in [0.15, 0.2) is 18.3 Å². The Morgan fingerprint density at radius 2 is 2.29 bits per heavy atom. The first kappa shape index (κ1) is 15.4. The molecule has 114 valence electrons. The van der Waals surface area contributed by atoms with Crippen LogP contribution in [0.3, 0.4) is 0 Å². The van der Waals surface area contributed by atoms with Crippen LogP contribution < -0.4 is 5.32 Å². The molecule has 2 heterocycles. The first-order chi connectivity index (χ1) is 9.97. The topological polar surface area (TPSA) is 82.5 Å². The number of aromatic carboxylic acids is 1. The van der Waals surface area contributed by atoms with E-state index in [2.05, 4.69) is 29.0 Å². The highest BCUT2D eigenvalue weighted by molar-refractivity contribution is 5.96. The second-order valence-electron chi connectivity index (χ2n) is 5.69. The molecule has 1 aliphatic rings. The van der Waals surface area contributed by atoms with Crippen molar-refractivity contribution in [2.75, 3.05) is 19.6 Å². The van der Waals surface area contributed by atoms with Gasteiger partial charge in [0.2, 0.25) is 0 Å². The minimum atomic E-state index is -1.13. The third-order valence-corrected chi connectivity index (χ3v) is 3.84. The molecule has 1 atom stereocenters. The van der Waals surface area contributed by atoms with Crippen LogP contribution in [-0.4, -0.2) is 52.5 Å². The highest BCUT2D eigenvalue weighted by Gasteiger charge is 2.24. The van der Waals surface area contributed by atoms with E-state index >= 15 is 0 Å². The van der Waals surface area contributed by atoms with Crippen LogP contribution in [0.1, 0.15) is 41.1 Å². The molecule has 1 aliphatic heterocycles. The second kappa shape index (κ2) is 6.67. The van der Waals surface area contributed by atoms with Crippen molar-refractivity contribution < 1.29 is 14.7 Å². The molecule has 0 bridgehead atoms. The zero-order valence-corrected chi connectivity index (χ0v) is 12.4. The Balaban J connectivity index is 1.88. The molecule has 1 aromatic heterocycles. The molecule has 1 saturated heterocycles. The summed E-state index contributed by atoms with van der Waals surface area (Å²) in [5, 5.41) is 11.8. The number of carboxylic acid groups (broad SMARTS) is 1. The van der Waals surface area contributed by atoms with Gasteiger partial charge in [0.15, 0.2) is 0 Å². The molecule has 1 fully saturated rings. The van der Waals surface area contributed by atoms with Crippen LogP contribution >= 0.6 is 0 Å². The summed E-state index contributed by atoms with van der Waals surface area (Å²) in [6.45, 7) is 7.02. The van der Waals surface area contributed by atoms with Crippen molar-refractivity contribution in [1.29, 1.82) is 0 Å². The number of carbonyl (C=O) groups excluding carboxylic acids is 1. The third-order valence-electron chi connectivity index (χ3n) is 3.84. The number of aromatic nitrogens is 1. The maximum Gasteiger partial charge on any atom is 0.354 e. The molecule has 2 rings (SSSR count). The van der Waals surface area contributed by atoms with Gasteiger partial charge in [-0.3, -0.25) is 4.79 Å². The number of pyridine rings is 1. The summed E-state index contributed by atoms with van der Waals surface area (Å²) >= 11 is 0. The number of nitrogens with zero attached hydrogens (tertiary/aromatic N) is 2. The van der Waals surface area contributed by atoms with Crippen molar-refractivity contribution >= 4 is 11.9 Å². The zero-order valence-electron chi connectivity index (χ0n) is 12.4. The Labute approximate surface area is 124 Å². The third kappa shape index (κ3) is 4.01. The molecular formula is C15H21N3O3. The molecule has 0 spiro atoms. The van der Waals surface area contributed by atoms with Gasteiger partial charge in [-0.25, -0.2) is 9.78 Å². The largest absolute Gasteiger partial charge is 0.477 e. The lowest BCUT2D eigenvalue weighted by Gasteiger charge is -2.20. The smallest absolute Gasteiger partial charge is 0.354 e. The zero-order chi connectivity index (χ0) is 15.4. The predicted molar refractivity (Wildman–Crippen MR) is 78.3 cm³/mol. The normalized spacial score (nSPS) is 18.9. The van der Waals surface area contributed by atoms with Crippen molar-refractivity contribution in [1.82, 2.24) is 15.2 Å². The van der Waals surface area contributed by atoms with Crippen LogP contribution in [0.2, 0.25) is 0 Å². The van der Waals surface area contributed by atoms with E-state index in [0.717, 1.165) is 19.5 Å². The van der Waals surface area contributed by atoms with E-state index in [1.807, 2.05) is 0 Å². The summed E-state index contributed by atoms with van der Waals surface area (Å²) in [7, 11) is 0. The van der Waals surface area contributed by atoms with Gasteiger partial charge in [-0.2, -0.15) is 0 Å².